The molecule has 6 rings (SSSR count). The van der Waals surface area contributed by atoms with E-state index in [4.69, 9.17) is 52.1 Å². The molecule has 6 saturated heterocycles. The van der Waals surface area contributed by atoms with Crippen molar-refractivity contribution in [2.24, 2.45) is 0 Å². The fourth-order valence-corrected chi connectivity index (χ4v) is 9.63. The van der Waals surface area contributed by atoms with Gasteiger partial charge in [0.1, 0.15) is 140 Å². The smallest absolute Gasteiger partial charge is 0.217 e. The van der Waals surface area contributed by atoms with Crippen LogP contribution >= 0.6 is 0 Å². The van der Waals surface area contributed by atoms with Crippen LogP contribution in [0.4, 0.5) is 0 Å². The first kappa shape index (κ1) is 61.5. The molecular weight excluding hydrogens is 1030 g/mol. The normalized spacial score (nSPS) is 48.6. The predicted octanol–water partition coefficient (Wildman–Crippen LogP) is -12.6. The molecular formula is C42H71N3O30. The summed E-state index contributed by atoms with van der Waals surface area (Å²) in [6.07, 6.45) is -51.5. The van der Waals surface area contributed by atoms with E-state index in [2.05, 4.69) is 16.0 Å². The zero-order chi connectivity index (χ0) is 55.5. The molecule has 75 heavy (non-hydrogen) atoms. The lowest BCUT2D eigenvalue weighted by Gasteiger charge is -2.52. The zero-order valence-electron chi connectivity index (χ0n) is 40.7. The van der Waals surface area contributed by atoms with Crippen molar-refractivity contribution < 1.29 is 148 Å². The third-order valence-corrected chi connectivity index (χ3v) is 13.6. The van der Waals surface area contributed by atoms with Crippen LogP contribution in [0.1, 0.15) is 27.7 Å². The summed E-state index contributed by atoms with van der Waals surface area (Å²) in [6.45, 7) is -0.620. The first-order valence-electron chi connectivity index (χ1n) is 24.0. The van der Waals surface area contributed by atoms with E-state index >= 15 is 0 Å². The van der Waals surface area contributed by atoms with Crippen LogP contribution in [0.5, 0.6) is 0 Å². The lowest BCUT2D eigenvalue weighted by molar-refractivity contribution is -0.400. The van der Waals surface area contributed by atoms with Crippen molar-refractivity contribution in [1.29, 1.82) is 0 Å². The van der Waals surface area contributed by atoms with Crippen LogP contribution < -0.4 is 16.0 Å². The molecule has 0 aromatic carbocycles. The van der Waals surface area contributed by atoms with Gasteiger partial charge in [0.25, 0.3) is 0 Å². The Kier molecular flexibility index (Phi) is 21.8. The highest BCUT2D eigenvalue weighted by Gasteiger charge is 2.59. The lowest BCUT2D eigenvalue weighted by Crippen LogP contribution is -2.71. The molecule has 1 unspecified atom stereocenters. The van der Waals surface area contributed by atoms with Gasteiger partial charge >= 0.3 is 0 Å². The van der Waals surface area contributed by atoms with Gasteiger partial charge in [-0.3, -0.25) is 14.4 Å². The maximum atomic E-state index is 13.0. The van der Waals surface area contributed by atoms with Gasteiger partial charge in [0.2, 0.25) is 17.7 Å². The fraction of sp³-hybridized carbons (Fsp3) is 0.929. The van der Waals surface area contributed by atoms with Crippen LogP contribution in [0.3, 0.4) is 0 Å². The van der Waals surface area contributed by atoms with Crippen molar-refractivity contribution in [3.63, 3.8) is 0 Å². The van der Waals surface area contributed by atoms with E-state index in [9.17, 15) is 96.1 Å². The Bertz CT molecular complexity index is 1850. The van der Waals surface area contributed by atoms with Crippen LogP contribution in [-0.2, 0) is 66.5 Å². The number of rotatable bonds is 18. The second kappa shape index (κ2) is 26.5. The largest absolute Gasteiger partial charge is 0.394 e. The number of aliphatic hydroxyl groups excluding tert-OH is 16. The quantitative estimate of drug-likeness (QED) is 0.0606. The van der Waals surface area contributed by atoms with Crippen molar-refractivity contribution in [3.05, 3.63) is 0 Å². The third kappa shape index (κ3) is 13.5. The summed E-state index contributed by atoms with van der Waals surface area (Å²) in [6, 6.07) is -5.15. The van der Waals surface area contributed by atoms with E-state index in [1.165, 1.54) is 6.92 Å². The molecule has 19 N–H and O–H groups in total. The highest BCUT2D eigenvalue weighted by atomic mass is 16.8. The average Bonchev–Trinajstić information content (AvgIpc) is 3.36. The number of hydrogen-bond donors (Lipinski definition) is 19. The van der Waals surface area contributed by atoms with E-state index in [0.29, 0.717) is 0 Å². The van der Waals surface area contributed by atoms with Crippen molar-refractivity contribution in [2.75, 3.05) is 33.0 Å². The topological polar surface area (TPSA) is 513 Å². The summed E-state index contributed by atoms with van der Waals surface area (Å²) in [5.74, 6) is -2.45. The fourth-order valence-electron chi connectivity index (χ4n) is 9.63. The summed E-state index contributed by atoms with van der Waals surface area (Å²) in [5, 5.41) is 181. The molecule has 33 nitrogen and oxygen atoms in total. The second-order valence-electron chi connectivity index (χ2n) is 18.9. The number of carbonyl (C=O) groups excluding carboxylic acids is 3. The Labute approximate surface area is 426 Å². The van der Waals surface area contributed by atoms with Crippen LogP contribution in [0.15, 0.2) is 0 Å². The highest BCUT2D eigenvalue weighted by Crippen LogP contribution is 2.38. The molecule has 0 spiro atoms. The van der Waals surface area contributed by atoms with Gasteiger partial charge in [-0.1, -0.05) is 0 Å². The zero-order valence-corrected chi connectivity index (χ0v) is 40.7. The van der Waals surface area contributed by atoms with E-state index in [1.807, 2.05) is 0 Å². The standard InChI is InChI=1S/C42H71N3O30/c1-10-22(54)29(61)30(62)40(65-10)75-36-35(74-38-19(43-11(2)51)28(60)23(55)14(5-46)67-38)27(59)18(9-50)70-42(36)72-33-21(45-13(4)53)39(68-16(7-48)25(33)57)73-34-26(58)17(8-49)69-41(31(34)63)71-32-20(44-12(3)52)37(64)66-15(6-47)24(32)56/h10,14-42,46-50,54-64H,5-9H2,1-4H3,(H,43,51)(H,44,52)(H,45,53)/t10-,14+,15+,16+,17+,18+,19+,20+,21+,22+,23-,24-,25+,26-,27-,28+,29+,30-,31+,32+,33+,34-,35-,36+,37?,38+,39-,40-,41-,42-/m0/s1. The number of carbonyl (C=O) groups is 3. The van der Waals surface area contributed by atoms with Crippen LogP contribution in [-0.4, -0.2) is 317 Å². The van der Waals surface area contributed by atoms with Gasteiger partial charge in [0, 0.05) is 20.8 Å². The molecule has 33 heteroatoms. The van der Waals surface area contributed by atoms with Gasteiger partial charge in [-0.2, -0.15) is 0 Å². The van der Waals surface area contributed by atoms with Gasteiger partial charge in [0.05, 0.1) is 39.1 Å². The minimum absolute atomic E-state index is 0.752. The molecule has 0 aliphatic carbocycles. The summed E-state index contributed by atoms with van der Waals surface area (Å²) < 4.78 is 64.6. The van der Waals surface area contributed by atoms with Crippen molar-refractivity contribution in [2.45, 2.75) is 212 Å². The maximum Gasteiger partial charge on any atom is 0.217 e. The number of hydrogen-bond acceptors (Lipinski definition) is 30. The minimum atomic E-state index is -2.21. The van der Waals surface area contributed by atoms with Gasteiger partial charge in [0.15, 0.2) is 37.7 Å². The van der Waals surface area contributed by atoms with Crippen LogP contribution in [0.2, 0.25) is 0 Å². The van der Waals surface area contributed by atoms with Crippen LogP contribution in [0.25, 0.3) is 0 Å². The first-order valence-corrected chi connectivity index (χ1v) is 24.0. The third-order valence-electron chi connectivity index (χ3n) is 13.6. The molecule has 30 atom stereocenters. The Hall–Kier alpha value is -2.67. The summed E-state index contributed by atoms with van der Waals surface area (Å²) in [4.78, 5) is 37.5. The highest BCUT2D eigenvalue weighted by molar-refractivity contribution is 5.74. The van der Waals surface area contributed by atoms with Gasteiger partial charge < -0.3 is 150 Å². The van der Waals surface area contributed by atoms with E-state index < -0.39 is 235 Å². The van der Waals surface area contributed by atoms with E-state index in [1.54, 1.807) is 0 Å². The summed E-state index contributed by atoms with van der Waals surface area (Å²) in [7, 11) is 0. The molecule has 0 bridgehead atoms. The number of amides is 3. The molecule has 6 fully saturated rings. The lowest BCUT2D eigenvalue weighted by atomic mass is 9.93. The molecule has 3 amide bonds. The number of ether oxygens (including phenoxy) is 11. The Morgan fingerprint density at radius 2 is 0.707 bits per heavy atom. The average molecular weight is 1100 g/mol. The maximum absolute atomic E-state index is 13.0. The molecule has 0 saturated carbocycles. The Morgan fingerprint density at radius 3 is 1.24 bits per heavy atom. The molecule has 0 radical (unpaired) electrons. The SMILES string of the molecule is CC(=O)N[C@H]1[C@@H](O[C@H]2[C@@H](O)[C@@H](CO)O[C@@H](O[C@H]3[C@H](O)[C@@H](CO)O[C@@H](O[C@H]4[C@@H](O)[C@@H](CO)O[C@@H](O[C@H]5[C@@H](O)[C@@H](CO)OC(O)[C@@H]5NC(C)=O)[C@@H]4O)[C@@H]3NC(C)=O)[C@@H]2O[C@@H]2O[C@@H](C)[C@@H](O)[C@@H](O)[C@@H]2O)O[C@H](CO)[C@H](O)[C@@H]1O. The second-order valence-corrected chi connectivity index (χ2v) is 18.9. The Balaban J connectivity index is 1.38. The van der Waals surface area contributed by atoms with E-state index in [-0.39, 0.29) is 0 Å². The molecule has 434 valence electrons. The molecule has 0 aromatic heterocycles. The number of nitrogens with one attached hydrogen (secondary N) is 3. The summed E-state index contributed by atoms with van der Waals surface area (Å²) >= 11 is 0. The van der Waals surface area contributed by atoms with Crippen molar-refractivity contribution in [1.82, 2.24) is 16.0 Å². The number of aliphatic hydroxyl groups is 16. The molecule has 6 heterocycles. The summed E-state index contributed by atoms with van der Waals surface area (Å²) in [5.41, 5.74) is 0. The van der Waals surface area contributed by atoms with Gasteiger partial charge in [-0.25, -0.2) is 0 Å². The van der Waals surface area contributed by atoms with Gasteiger partial charge in [-0.05, 0) is 6.92 Å². The first-order chi connectivity index (χ1) is 35.4. The van der Waals surface area contributed by atoms with Crippen molar-refractivity contribution in [3.8, 4) is 0 Å². The molecule has 0 aromatic rings. The molecule has 6 aliphatic rings. The van der Waals surface area contributed by atoms with Crippen molar-refractivity contribution >= 4 is 17.7 Å². The molecule has 6 aliphatic heterocycles. The minimum Gasteiger partial charge on any atom is -0.394 e. The van der Waals surface area contributed by atoms with E-state index in [0.717, 1.165) is 20.8 Å². The monoisotopic (exact) mass is 1100 g/mol. The van der Waals surface area contributed by atoms with Crippen LogP contribution in [0, 0.1) is 0 Å². The van der Waals surface area contributed by atoms with Gasteiger partial charge in [-0.15, -0.1) is 0 Å². The Morgan fingerprint density at radius 1 is 0.347 bits per heavy atom. The predicted molar refractivity (Wildman–Crippen MR) is 233 cm³/mol.